The lowest BCUT2D eigenvalue weighted by Gasteiger charge is -2.54. The van der Waals surface area contributed by atoms with E-state index in [0.29, 0.717) is 31.1 Å². The zero-order valence-electron chi connectivity index (χ0n) is 17.2. The Morgan fingerprint density at radius 1 is 1.03 bits per heavy atom. The van der Waals surface area contributed by atoms with E-state index in [2.05, 4.69) is 0 Å². The Bertz CT molecular complexity index is 996. The topological polar surface area (TPSA) is 80.4 Å². The van der Waals surface area contributed by atoms with E-state index in [9.17, 15) is 33.2 Å². The summed E-state index contributed by atoms with van der Waals surface area (Å²) in [6.45, 7) is 0. The molecule has 0 bridgehead atoms. The Balaban J connectivity index is 1.99. The summed E-state index contributed by atoms with van der Waals surface area (Å²) in [6, 6.07) is 11.7. The molecule has 0 aliphatic heterocycles. The van der Waals surface area contributed by atoms with Crippen molar-refractivity contribution in [2.45, 2.75) is 55.3 Å². The number of benzene rings is 2. The van der Waals surface area contributed by atoms with Gasteiger partial charge < -0.3 is 9.90 Å². The van der Waals surface area contributed by atoms with Gasteiger partial charge in [0.15, 0.2) is 0 Å². The highest BCUT2D eigenvalue weighted by Crippen LogP contribution is 2.59. The molecule has 2 aliphatic carbocycles. The molecule has 8 heteroatoms. The summed E-state index contributed by atoms with van der Waals surface area (Å²) in [5, 5.41) is 24.2. The second-order valence-electron chi connectivity index (χ2n) is 8.83. The SMILES string of the molecule is O=C[C@@H]1[C@@H](c2ccccc2)[C@@H]([N+](=O)[O-])[C@@H](c2ccccc2C(F)(F)F)[C@@H]2CCCC[C@@]12O. The lowest BCUT2D eigenvalue weighted by molar-refractivity contribution is -0.541. The lowest BCUT2D eigenvalue weighted by Crippen LogP contribution is -2.62. The van der Waals surface area contributed by atoms with Crippen molar-refractivity contribution in [1.82, 2.24) is 0 Å². The first kappa shape index (κ1) is 22.5. The highest BCUT2D eigenvalue weighted by atomic mass is 19.4. The molecule has 2 aromatic carbocycles. The molecule has 0 saturated heterocycles. The van der Waals surface area contributed by atoms with Crippen molar-refractivity contribution in [2.24, 2.45) is 11.8 Å². The molecule has 0 aromatic heterocycles. The molecule has 5 nitrogen and oxygen atoms in total. The molecule has 4 rings (SSSR count). The van der Waals surface area contributed by atoms with Crippen molar-refractivity contribution in [3.8, 4) is 0 Å². The molecule has 0 spiro atoms. The predicted molar refractivity (Wildman–Crippen MR) is 111 cm³/mol. The maximum absolute atomic E-state index is 13.9. The van der Waals surface area contributed by atoms with Crippen LogP contribution < -0.4 is 0 Å². The summed E-state index contributed by atoms with van der Waals surface area (Å²) >= 11 is 0. The lowest BCUT2D eigenvalue weighted by atomic mass is 9.51. The molecule has 170 valence electrons. The van der Waals surface area contributed by atoms with Gasteiger partial charge in [0.05, 0.1) is 28.9 Å². The zero-order valence-corrected chi connectivity index (χ0v) is 17.2. The van der Waals surface area contributed by atoms with Crippen molar-refractivity contribution in [3.63, 3.8) is 0 Å². The van der Waals surface area contributed by atoms with Crippen LogP contribution in [0.5, 0.6) is 0 Å². The largest absolute Gasteiger partial charge is 0.416 e. The molecule has 1 N–H and O–H groups in total. The molecular formula is C24H24F3NO4. The van der Waals surface area contributed by atoms with E-state index in [-0.39, 0.29) is 12.0 Å². The third-order valence-corrected chi connectivity index (χ3v) is 7.32. The van der Waals surface area contributed by atoms with Gasteiger partial charge in [0.2, 0.25) is 6.04 Å². The van der Waals surface area contributed by atoms with Crippen LogP contribution in [0.3, 0.4) is 0 Å². The Labute approximate surface area is 183 Å². The number of nitro groups is 1. The normalized spacial score (nSPS) is 32.7. The Morgan fingerprint density at radius 3 is 2.31 bits per heavy atom. The van der Waals surface area contributed by atoms with Crippen molar-refractivity contribution in [2.75, 3.05) is 0 Å². The van der Waals surface area contributed by atoms with Gasteiger partial charge in [-0.05, 0) is 30.0 Å². The number of carbonyl (C=O) groups excluding carboxylic acids is 1. The number of fused-ring (bicyclic) bond motifs is 1. The molecule has 0 heterocycles. The van der Waals surface area contributed by atoms with Crippen molar-refractivity contribution >= 4 is 6.29 Å². The third kappa shape index (κ3) is 3.60. The predicted octanol–water partition coefficient (Wildman–Crippen LogP) is 4.97. The van der Waals surface area contributed by atoms with E-state index in [0.717, 1.165) is 6.07 Å². The second-order valence-corrected chi connectivity index (χ2v) is 8.83. The Kier molecular flexibility index (Phi) is 5.83. The first-order chi connectivity index (χ1) is 15.2. The molecule has 0 amide bonds. The molecule has 2 aromatic rings. The molecule has 6 atom stereocenters. The molecule has 0 radical (unpaired) electrons. The van der Waals surface area contributed by atoms with Crippen LogP contribution in [0.15, 0.2) is 54.6 Å². The zero-order chi connectivity index (χ0) is 23.1. The third-order valence-electron chi connectivity index (χ3n) is 7.32. The van der Waals surface area contributed by atoms with E-state index in [4.69, 9.17) is 0 Å². The van der Waals surface area contributed by atoms with Crippen molar-refractivity contribution in [1.29, 1.82) is 0 Å². The van der Waals surface area contributed by atoms with Crippen LogP contribution in [0.4, 0.5) is 13.2 Å². The average molecular weight is 447 g/mol. The molecule has 0 unspecified atom stereocenters. The first-order valence-electron chi connectivity index (χ1n) is 10.7. The minimum Gasteiger partial charge on any atom is -0.389 e. The second kappa shape index (κ2) is 8.31. The van der Waals surface area contributed by atoms with Gasteiger partial charge in [0, 0.05) is 10.8 Å². The van der Waals surface area contributed by atoms with Crippen LogP contribution >= 0.6 is 0 Å². The van der Waals surface area contributed by atoms with Gasteiger partial charge >= 0.3 is 6.18 Å². The summed E-state index contributed by atoms with van der Waals surface area (Å²) in [6.07, 6.45) is -2.35. The number of rotatable bonds is 4. The van der Waals surface area contributed by atoms with Crippen LogP contribution in [0.1, 0.15) is 54.2 Å². The van der Waals surface area contributed by atoms with E-state index < -0.39 is 52.0 Å². The highest BCUT2D eigenvalue weighted by Gasteiger charge is 2.64. The molecule has 2 aliphatic rings. The maximum atomic E-state index is 13.9. The summed E-state index contributed by atoms with van der Waals surface area (Å²) in [4.78, 5) is 24.2. The number of carbonyl (C=O) groups is 1. The van der Waals surface area contributed by atoms with Crippen LogP contribution in [0, 0.1) is 22.0 Å². The number of hydrogen-bond donors (Lipinski definition) is 1. The summed E-state index contributed by atoms with van der Waals surface area (Å²) in [5.74, 6) is -4.14. The minimum absolute atomic E-state index is 0.183. The van der Waals surface area contributed by atoms with Crippen LogP contribution in [-0.4, -0.2) is 28.0 Å². The highest BCUT2D eigenvalue weighted by molar-refractivity contribution is 5.60. The quantitative estimate of drug-likeness (QED) is 0.408. The smallest absolute Gasteiger partial charge is 0.389 e. The van der Waals surface area contributed by atoms with Gasteiger partial charge in [-0.2, -0.15) is 13.2 Å². The van der Waals surface area contributed by atoms with E-state index in [1.165, 1.54) is 18.2 Å². The number of aliphatic hydroxyl groups is 1. The van der Waals surface area contributed by atoms with Gasteiger partial charge in [-0.15, -0.1) is 0 Å². The molecule has 2 fully saturated rings. The van der Waals surface area contributed by atoms with Crippen LogP contribution in [0.25, 0.3) is 0 Å². The monoisotopic (exact) mass is 447 g/mol. The maximum Gasteiger partial charge on any atom is 0.416 e. The van der Waals surface area contributed by atoms with Crippen molar-refractivity contribution < 1.29 is 28.0 Å². The summed E-state index contributed by atoms with van der Waals surface area (Å²) in [7, 11) is 0. The first-order valence-corrected chi connectivity index (χ1v) is 10.7. The van der Waals surface area contributed by atoms with Gasteiger partial charge in [-0.1, -0.05) is 61.4 Å². The molecular weight excluding hydrogens is 423 g/mol. The number of hydrogen-bond acceptors (Lipinski definition) is 4. The average Bonchev–Trinajstić information content (AvgIpc) is 2.77. The van der Waals surface area contributed by atoms with Gasteiger partial charge in [-0.3, -0.25) is 10.1 Å². The standard InChI is InChI=1S/C24H24F3NO4/c25-24(26,27)17-11-5-4-10-16(17)21-18-12-6-7-13-23(18,30)19(14-29)20(22(21)28(31)32)15-8-2-1-3-9-15/h1-5,8-11,14,18-22,30H,6-7,12-13H2/t18-,19+,20+,21-,22+,23-/m0/s1. The summed E-state index contributed by atoms with van der Waals surface area (Å²) < 4.78 is 41.8. The fourth-order valence-corrected chi connectivity index (χ4v) is 6.09. The Hall–Kier alpha value is -2.74. The van der Waals surface area contributed by atoms with E-state index in [1.54, 1.807) is 30.3 Å². The molecule has 2 saturated carbocycles. The van der Waals surface area contributed by atoms with Crippen molar-refractivity contribution in [3.05, 3.63) is 81.4 Å². The van der Waals surface area contributed by atoms with Crippen LogP contribution in [0.2, 0.25) is 0 Å². The molecule has 32 heavy (non-hydrogen) atoms. The fourth-order valence-electron chi connectivity index (χ4n) is 6.09. The Morgan fingerprint density at radius 2 is 1.69 bits per heavy atom. The summed E-state index contributed by atoms with van der Waals surface area (Å²) in [5.41, 5.74) is -2.26. The number of aldehydes is 1. The fraction of sp³-hybridized carbons (Fsp3) is 0.458. The number of nitrogens with zero attached hydrogens (tertiary/aromatic N) is 1. The van der Waals surface area contributed by atoms with Gasteiger partial charge in [0.25, 0.3) is 0 Å². The van der Waals surface area contributed by atoms with Gasteiger partial charge in [0.1, 0.15) is 6.29 Å². The van der Waals surface area contributed by atoms with Gasteiger partial charge in [-0.25, -0.2) is 0 Å². The van der Waals surface area contributed by atoms with Crippen LogP contribution in [-0.2, 0) is 11.0 Å². The van der Waals surface area contributed by atoms with E-state index in [1.807, 2.05) is 0 Å². The van der Waals surface area contributed by atoms with E-state index >= 15 is 0 Å². The number of alkyl halides is 3. The minimum atomic E-state index is -4.70. The number of halogens is 3.